The average Bonchev–Trinajstić information content (AvgIpc) is 2.40. The molecule has 2 atom stereocenters. The quantitative estimate of drug-likeness (QED) is 0.921. The summed E-state index contributed by atoms with van der Waals surface area (Å²) >= 11 is 3.45. The van der Waals surface area contributed by atoms with Gasteiger partial charge in [-0.3, -0.25) is 14.5 Å². The molecule has 0 aliphatic carbocycles. The van der Waals surface area contributed by atoms with E-state index >= 15 is 0 Å². The lowest BCUT2D eigenvalue weighted by Gasteiger charge is -2.37. The predicted octanol–water partition coefficient (Wildman–Crippen LogP) is 2.78. The summed E-state index contributed by atoms with van der Waals surface area (Å²) in [5, 5.41) is 2.80. The molecule has 1 saturated heterocycles. The topological polar surface area (TPSA) is 49.4 Å². The fraction of sp³-hybridized carbons (Fsp3) is 0.467. The molecular weight excluding hydrogens is 320 g/mol. The molecule has 0 saturated carbocycles. The highest BCUT2D eigenvalue weighted by Gasteiger charge is 2.38. The Morgan fingerprint density at radius 2 is 2.05 bits per heavy atom. The molecule has 2 amide bonds. The summed E-state index contributed by atoms with van der Waals surface area (Å²) in [5.41, 5.74) is 1.82. The molecular formula is C15H19BrN2O2. The molecule has 0 aromatic heterocycles. The Kier molecular flexibility index (Phi) is 4.48. The molecule has 20 heavy (non-hydrogen) atoms. The normalized spacial score (nSPS) is 22.9. The van der Waals surface area contributed by atoms with Gasteiger partial charge in [-0.1, -0.05) is 29.3 Å². The Balaban J connectivity index is 2.37. The lowest BCUT2D eigenvalue weighted by molar-refractivity contribution is -0.133. The average molecular weight is 339 g/mol. The van der Waals surface area contributed by atoms with E-state index in [1.54, 1.807) is 11.8 Å². The number of hydrogen-bond donors (Lipinski definition) is 1. The zero-order valence-corrected chi connectivity index (χ0v) is 13.5. The molecule has 5 heteroatoms. The second-order valence-electron chi connectivity index (χ2n) is 5.17. The van der Waals surface area contributed by atoms with E-state index in [-0.39, 0.29) is 11.8 Å². The first-order chi connectivity index (χ1) is 9.45. The van der Waals surface area contributed by atoms with Crippen molar-refractivity contribution in [1.82, 2.24) is 5.32 Å². The van der Waals surface area contributed by atoms with Crippen LogP contribution in [-0.2, 0) is 9.59 Å². The molecule has 1 aromatic carbocycles. The number of amides is 2. The van der Waals surface area contributed by atoms with Gasteiger partial charge < -0.3 is 5.32 Å². The summed E-state index contributed by atoms with van der Waals surface area (Å²) in [6.07, 6.45) is 1.53. The maximum atomic E-state index is 12.6. The van der Waals surface area contributed by atoms with Gasteiger partial charge in [-0.25, -0.2) is 0 Å². The molecule has 1 heterocycles. The Morgan fingerprint density at radius 3 is 2.65 bits per heavy atom. The van der Waals surface area contributed by atoms with Gasteiger partial charge in [-0.2, -0.15) is 0 Å². The molecule has 1 aliphatic rings. The van der Waals surface area contributed by atoms with E-state index in [9.17, 15) is 9.59 Å². The number of aryl methyl sites for hydroxylation is 1. The van der Waals surface area contributed by atoms with Crippen LogP contribution in [0.2, 0.25) is 0 Å². The van der Waals surface area contributed by atoms with Crippen LogP contribution in [-0.4, -0.2) is 23.9 Å². The Hall–Kier alpha value is -1.36. The number of anilines is 1. The number of rotatable bonds is 3. The minimum atomic E-state index is -0.476. The fourth-order valence-electron chi connectivity index (χ4n) is 2.44. The van der Waals surface area contributed by atoms with Crippen LogP contribution in [0, 0.1) is 6.92 Å². The highest BCUT2D eigenvalue weighted by molar-refractivity contribution is 9.10. The second kappa shape index (κ2) is 5.95. The first kappa shape index (κ1) is 15.0. The maximum absolute atomic E-state index is 12.6. The van der Waals surface area contributed by atoms with Crippen molar-refractivity contribution in [3.63, 3.8) is 0 Å². The van der Waals surface area contributed by atoms with Crippen LogP contribution in [0.4, 0.5) is 5.69 Å². The smallest absolute Gasteiger partial charge is 0.250 e. The molecule has 2 unspecified atom stereocenters. The van der Waals surface area contributed by atoms with Gasteiger partial charge in [0.25, 0.3) is 0 Å². The molecule has 1 aliphatic heterocycles. The lowest BCUT2D eigenvalue weighted by atomic mass is 10.0. The van der Waals surface area contributed by atoms with Gasteiger partial charge in [0.15, 0.2) is 0 Å². The Morgan fingerprint density at radius 1 is 1.35 bits per heavy atom. The summed E-state index contributed by atoms with van der Waals surface area (Å²) < 4.78 is 0.993. The number of hydrogen-bond acceptors (Lipinski definition) is 2. The second-order valence-corrected chi connectivity index (χ2v) is 6.02. The SMILES string of the molecule is CCCC1NC(=O)C(C)N(c2ccc(Br)c(C)c2)C1=O. The number of carbonyl (C=O) groups excluding carboxylic acids is 2. The zero-order chi connectivity index (χ0) is 14.9. The number of nitrogens with one attached hydrogen (secondary N) is 1. The number of benzene rings is 1. The minimum Gasteiger partial charge on any atom is -0.342 e. The molecule has 1 fully saturated rings. The van der Waals surface area contributed by atoms with Crippen molar-refractivity contribution < 1.29 is 9.59 Å². The third kappa shape index (κ3) is 2.73. The van der Waals surface area contributed by atoms with E-state index in [0.717, 1.165) is 22.1 Å². The minimum absolute atomic E-state index is 0.0272. The van der Waals surface area contributed by atoms with Crippen LogP contribution < -0.4 is 10.2 Å². The summed E-state index contributed by atoms with van der Waals surface area (Å²) in [6, 6.07) is 4.82. The third-order valence-corrected chi connectivity index (χ3v) is 4.51. The van der Waals surface area contributed by atoms with Crippen molar-refractivity contribution in [3.8, 4) is 0 Å². The molecule has 108 valence electrons. The molecule has 2 rings (SSSR count). The van der Waals surface area contributed by atoms with Crippen molar-refractivity contribution in [2.45, 2.75) is 45.7 Å². The first-order valence-corrected chi connectivity index (χ1v) is 7.64. The largest absolute Gasteiger partial charge is 0.342 e. The molecule has 0 bridgehead atoms. The monoisotopic (exact) mass is 338 g/mol. The highest BCUT2D eigenvalue weighted by Crippen LogP contribution is 2.27. The van der Waals surface area contributed by atoms with Gasteiger partial charge in [0.1, 0.15) is 12.1 Å². The lowest BCUT2D eigenvalue weighted by Crippen LogP contribution is -2.62. The van der Waals surface area contributed by atoms with Crippen LogP contribution in [0.5, 0.6) is 0 Å². The van der Waals surface area contributed by atoms with Gasteiger partial charge in [0.2, 0.25) is 11.8 Å². The maximum Gasteiger partial charge on any atom is 0.250 e. The molecule has 1 aromatic rings. The standard InChI is InChI=1S/C15H19BrN2O2/c1-4-5-13-15(20)18(10(3)14(19)17-13)11-6-7-12(16)9(2)8-11/h6-8,10,13H,4-5H2,1-3H3,(H,17,19). The first-order valence-electron chi connectivity index (χ1n) is 6.85. The van der Waals surface area contributed by atoms with Gasteiger partial charge in [0.05, 0.1) is 0 Å². The van der Waals surface area contributed by atoms with Gasteiger partial charge in [-0.05, 0) is 44.0 Å². The molecule has 0 spiro atoms. The van der Waals surface area contributed by atoms with Crippen LogP contribution in [0.15, 0.2) is 22.7 Å². The van der Waals surface area contributed by atoms with Gasteiger partial charge in [0, 0.05) is 10.2 Å². The highest BCUT2D eigenvalue weighted by atomic mass is 79.9. The van der Waals surface area contributed by atoms with Crippen molar-refractivity contribution >= 4 is 33.4 Å². The summed E-state index contributed by atoms with van der Waals surface area (Å²) in [4.78, 5) is 26.2. The van der Waals surface area contributed by atoms with E-state index in [4.69, 9.17) is 0 Å². The predicted molar refractivity (Wildman–Crippen MR) is 82.7 cm³/mol. The number of piperazine rings is 1. The fourth-order valence-corrected chi connectivity index (χ4v) is 2.69. The van der Waals surface area contributed by atoms with Gasteiger partial charge in [-0.15, -0.1) is 0 Å². The Bertz CT molecular complexity index is 545. The Labute approximate surface area is 127 Å². The number of nitrogens with zero attached hydrogens (tertiary/aromatic N) is 1. The van der Waals surface area contributed by atoms with E-state index in [0.29, 0.717) is 6.42 Å². The van der Waals surface area contributed by atoms with Crippen molar-refractivity contribution in [2.75, 3.05) is 4.90 Å². The number of carbonyl (C=O) groups is 2. The van der Waals surface area contributed by atoms with E-state index in [2.05, 4.69) is 21.2 Å². The van der Waals surface area contributed by atoms with Crippen molar-refractivity contribution in [2.24, 2.45) is 0 Å². The van der Waals surface area contributed by atoms with Crippen LogP contribution in [0.3, 0.4) is 0 Å². The molecule has 1 N–H and O–H groups in total. The number of halogens is 1. The summed E-state index contributed by atoms with van der Waals surface area (Å²) in [7, 11) is 0. The van der Waals surface area contributed by atoms with Gasteiger partial charge >= 0.3 is 0 Å². The van der Waals surface area contributed by atoms with E-state index in [1.165, 1.54) is 0 Å². The van der Waals surface area contributed by atoms with E-state index < -0.39 is 12.1 Å². The van der Waals surface area contributed by atoms with Crippen molar-refractivity contribution in [3.05, 3.63) is 28.2 Å². The van der Waals surface area contributed by atoms with Crippen molar-refractivity contribution in [1.29, 1.82) is 0 Å². The zero-order valence-electron chi connectivity index (χ0n) is 11.9. The van der Waals surface area contributed by atoms with Crippen LogP contribution in [0.1, 0.15) is 32.3 Å². The van der Waals surface area contributed by atoms with Crippen LogP contribution >= 0.6 is 15.9 Å². The van der Waals surface area contributed by atoms with E-state index in [1.807, 2.05) is 32.0 Å². The third-order valence-electron chi connectivity index (χ3n) is 3.62. The summed E-state index contributed by atoms with van der Waals surface area (Å²) in [5.74, 6) is -0.121. The summed E-state index contributed by atoms with van der Waals surface area (Å²) in [6.45, 7) is 5.73. The molecule has 4 nitrogen and oxygen atoms in total. The van der Waals surface area contributed by atoms with Crippen LogP contribution in [0.25, 0.3) is 0 Å². The molecule has 0 radical (unpaired) electrons.